The molecule has 2 amide bonds. The molecule has 0 spiro atoms. The Hall–Kier alpha value is -3.54. The fourth-order valence-corrected chi connectivity index (χ4v) is 2.41. The van der Waals surface area contributed by atoms with Crippen LogP contribution in [0.2, 0.25) is 0 Å². The highest BCUT2D eigenvalue weighted by Gasteiger charge is 2.12. The van der Waals surface area contributed by atoms with E-state index in [0.29, 0.717) is 11.3 Å². The Bertz CT molecular complexity index is 954. The van der Waals surface area contributed by atoms with E-state index in [-0.39, 0.29) is 24.0 Å². The minimum atomic E-state index is -0.396. The third kappa shape index (κ3) is 4.98. The summed E-state index contributed by atoms with van der Waals surface area (Å²) < 4.78 is 12.9. The van der Waals surface area contributed by atoms with Crippen LogP contribution in [0.15, 0.2) is 66.9 Å². The number of pyridine rings is 1. The molecule has 0 aliphatic rings. The van der Waals surface area contributed by atoms with Gasteiger partial charge in [0, 0.05) is 24.0 Å². The normalized spacial score (nSPS) is 10.3. The minimum absolute atomic E-state index is 0.144. The second kappa shape index (κ2) is 8.23. The number of benzene rings is 2. The van der Waals surface area contributed by atoms with Crippen molar-refractivity contribution >= 4 is 17.5 Å². The quantitative estimate of drug-likeness (QED) is 0.726. The molecule has 1 aromatic heterocycles. The largest absolute Gasteiger partial charge is 0.348 e. The van der Waals surface area contributed by atoms with Crippen LogP contribution < -0.4 is 10.6 Å². The van der Waals surface area contributed by atoms with Gasteiger partial charge in [-0.15, -0.1) is 0 Å². The van der Waals surface area contributed by atoms with Gasteiger partial charge in [0.25, 0.3) is 11.8 Å². The molecule has 6 heteroatoms. The molecule has 5 nitrogen and oxygen atoms in total. The van der Waals surface area contributed by atoms with Crippen molar-refractivity contribution in [2.75, 3.05) is 5.32 Å². The zero-order valence-electron chi connectivity index (χ0n) is 14.7. The van der Waals surface area contributed by atoms with Crippen molar-refractivity contribution in [1.82, 2.24) is 10.3 Å². The van der Waals surface area contributed by atoms with E-state index in [4.69, 9.17) is 0 Å². The molecule has 3 rings (SSSR count). The number of carbonyl (C=O) groups is 2. The van der Waals surface area contributed by atoms with Gasteiger partial charge in [0.05, 0.1) is 0 Å². The lowest BCUT2D eigenvalue weighted by Crippen LogP contribution is -2.23. The number of hydrogen-bond donors (Lipinski definition) is 2. The third-order valence-corrected chi connectivity index (χ3v) is 3.93. The highest BCUT2D eigenvalue weighted by atomic mass is 19.1. The molecule has 0 bridgehead atoms. The molecule has 0 fully saturated rings. The lowest BCUT2D eigenvalue weighted by Gasteiger charge is -2.08. The summed E-state index contributed by atoms with van der Waals surface area (Å²) in [6.45, 7) is 2.22. The molecule has 0 saturated carbocycles. The second-order valence-electron chi connectivity index (χ2n) is 6.06. The average Bonchev–Trinajstić information content (AvgIpc) is 2.69. The molecular weight excluding hydrogens is 345 g/mol. The van der Waals surface area contributed by atoms with Gasteiger partial charge in [0.15, 0.2) is 0 Å². The van der Waals surface area contributed by atoms with Crippen molar-refractivity contribution in [1.29, 1.82) is 0 Å². The monoisotopic (exact) mass is 363 g/mol. The summed E-state index contributed by atoms with van der Waals surface area (Å²) >= 11 is 0. The van der Waals surface area contributed by atoms with Crippen molar-refractivity contribution in [2.24, 2.45) is 0 Å². The van der Waals surface area contributed by atoms with Crippen molar-refractivity contribution in [3.05, 3.63) is 95.1 Å². The number of amides is 2. The lowest BCUT2D eigenvalue weighted by atomic mass is 10.2. The molecule has 0 aliphatic heterocycles. The Morgan fingerprint density at radius 2 is 1.67 bits per heavy atom. The van der Waals surface area contributed by atoms with Gasteiger partial charge in [-0.25, -0.2) is 4.39 Å². The number of nitrogens with one attached hydrogen (secondary N) is 2. The summed E-state index contributed by atoms with van der Waals surface area (Å²) in [5.41, 5.74) is 2.98. The molecule has 136 valence electrons. The molecule has 2 N–H and O–H groups in total. The molecule has 0 aliphatic carbocycles. The topological polar surface area (TPSA) is 71.1 Å². The van der Waals surface area contributed by atoms with E-state index in [0.717, 1.165) is 11.1 Å². The molecule has 3 aromatic rings. The average molecular weight is 363 g/mol. The summed E-state index contributed by atoms with van der Waals surface area (Å²) in [7, 11) is 0. The van der Waals surface area contributed by atoms with Crippen LogP contribution in [-0.2, 0) is 6.54 Å². The lowest BCUT2D eigenvalue weighted by molar-refractivity contribution is 0.0951. The van der Waals surface area contributed by atoms with E-state index in [1.165, 1.54) is 30.5 Å². The predicted octanol–water partition coefficient (Wildman–Crippen LogP) is 3.71. The van der Waals surface area contributed by atoms with Gasteiger partial charge in [-0.1, -0.05) is 29.8 Å². The van der Waals surface area contributed by atoms with Crippen molar-refractivity contribution in [3.8, 4) is 0 Å². The van der Waals surface area contributed by atoms with Gasteiger partial charge in [0.1, 0.15) is 11.5 Å². The first-order chi connectivity index (χ1) is 13.0. The van der Waals surface area contributed by atoms with E-state index in [2.05, 4.69) is 15.6 Å². The number of aryl methyl sites for hydroxylation is 1. The number of halogens is 1. The Kier molecular flexibility index (Phi) is 5.56. The van der Waals surface area contributed by atoms with Gasteiger partial charge in [-0.3, -0.25) is 14.6 Å². The molecule has 1 heterocycles. The van der Waals surface area contributed by atoms with Gasteiger partial charge in [0.2, 0.25) is 0 Å². The van der Waals surface area contributed by atoms with E-state index in [9.17, 15) is 14.0 Å². The maximum Gasteiger partial charge on any atom is 0.274 e. The molecule has 0 unspecified atom stereocenters. The van der Waals surface area contributed by atoms with E-state index in [1.54, 1.807) is 24.3 Å². The zero-order valence-corrected chi connectivity index (χ0v) is 14.7. The van der Waals surface area contributed by atoms with Crippen LogP contribution in [0.3, 0.4) is 0 Å². The summed E-state index contributed by atoms with van der Waals surface area (Å²) in [6, 6.07) is 16.2. The molecule has 0 saturated heterocycles. The van der Waals surface area contributed by atoms with Crippen LogP contribution >= 0.6 is 0 Å². The highest BCUT2D eigenvalue weighted by Crippen LogP contribution is 2.11. The Morgan fingerprint density at radius 1 is 0.963 bits per heavy atom. The smallest absolute Gasteiger partial charge is 0.274 e. The third-order valence-electron chi connectivity index (χ3n) is 3.93. The Labute approximate surface area is 156 Å². The number of hydrogen-bond acceptors (Lipinski definition) is 3. The van der Waals surface area contributed by atoms with Crippen molar-refractivity contribution < 1.29 is 14.0 Å². The number of carbonyl (C=O) groups excluding carboxylic acids is 2. The molecule has 0 atom stereocenters. The number of aromatic nitrogens is 1. The first-order valence-electron chi connectivity index (χ1n) is 8.38. The Balaban J connectivity index is 1.65. The zero-order chi connectivity index (χ0) is 19.2. The first kappa shape index (κ1) is 18.3. The number of rotatable bonds is 5. The van der Waals surface area contributed by atoms with Crippen LogP contribution in [0, 0.1) is 12.7 Å². The van der Waals surface area contributed by atoms with Crippen molar-refractivity contribution in [2.45, 2.75) is 13.5 Å². The maximum atomic E-state index is 12.9. The van der Waals surface area contributed by atoms with Gasteiger partial charge < -0.3 is 10.6 Å². The van der Waals surface area contributed by atoms with Crippen molar-refractivity contribution in [3.63, 3.8) is 0 Å². The number of anilines is 1. The molecule has 27 heavy (non-hydrogen) atoms. The van der Waals surface area contributed by atoms with Gasteiger partial charge >= 0.3 is 0 Å². The summed E-state index contributed by atoms with van der Waals surface area (Å²) in [6.07, 6.45) is 1.41. The second-order valence-corrected chi connectivity index (χ2v) is 6.06. The van der Waals surface area contributed by atoms with Crippen LogP contribution in [0.4, 0.5) is 10.1 Å². The van der Waals surface area contributed by atoms with Crippen LogP contribution in [0.25, 0.3) is 0 Å². The van der Waals surface area contributed by atoms with Crippen LogP contribution in [0.5, 0.6) is 0 Å². The molecular formula is C21H18FN3O2. The summed E-state index contributed by atoms with van der Waals surface area (Å²) in [4.78, 5) is 28.7. The first-order valence-corrected chi connectivity index (χ1v) is 8.38. The highest BCUT2D eigenvalue weighted by molar-refractivity contribution is 6.04. The summed E-state index contributed by atoms with van der Waals surface area (Å²) in [5.74, 6) is -1.07. The fraction of sp³-hybridized carbons (Fsp3) is 0.0952. The van der Waals surface area contributed by atoms with Gasteiger partial charge in [-0.05, 0) is 48.9 Å². The number of nitrogens with zero attached hydrogens (tertiary/aromatic N) is 1. The van der Waals surface area contributed by atoms with Crippen LogP contribution in [0.1, 0.15) is 32.0 Å². The van der Waals surface area contributed by atoms with E-state index >= 15 is 0 Å². The SMILES string of the molecule is Cc1ccc(NC(=O)c2cc(C(=O)NCc3ccc(F)cc3)ccn2)cc1. The maximum absolute atomic E-state index is 12.9. The molecule has 0 radical (unpaired) electrons. The van der Waals surface area contributed by atoms with E-state index < -0.39 is 5.91 Å². The Morgan fingerprint density at radius 3 is 2.37 bits per heavy atom. The predicted molar refractivity (Wildman–Crippen MR) is 101 cm³/mol. The van der Waals surface area contributed by atoms with Gasteiger partial charge in [-0.2, -0.15) is 0 Å². The van der Waals surface area contributed by atoms with E-state index in [1.807, 2.05) is 19.1 Å². The van der Waals surface area contributed by atoms with Crippen LogP contribution in [-0.4, -0.2) is 16.8 Å². The summed E-state index contributed by atoms with van der Waals surface area (Å²) in [5, 5.41) is 5.48. The fourth-order valence-electron chi connectivity index (χ4n) is 2.41. The minimum Gasteiger partial charge on any atom is -0.348 e. The standard InChI is InChI=1S/C21H18FN3O2/c1-14-2-8-18(9-3-14)25-21(27)19-12-16(10-11-23-19)20(26)24-13-15-4-6-17(22)7-5-15/h2-12H,13H2,1H3,(H,24,26)(H,25,27). The molecule has 2 aromatic carbocycles.